The molecule has 1 aromatic carbocycles. The molecule has 0 radical (unpaired) electrons. The average Bonchev–Trinajstić information content (AvgIpc) is 2.54. The van der Waals surface area contributed by atoms with Gasteiger partial charge in [0.1, 0.15) is 5.75 Å². The number of ether oxygens (including phenoxy) is 1. The van der Waals surface area contributed by atoms with E-state index in [-0.39, 0.29) is 10.9 Å². The Labute approximate surface area is 138 Å². The van der Waals surface area contributed by atoms with Gasteiger partial charge in [-0.3, -0.25) is 0 Å². The quantitative estimate of drug-likeness (QED) is 0.780. The van der Waals surface area contributed by atoms with E-state index in [4.69, 9.17) is 16.3 Å². The molecule has 1 aliphatic rings. The van der Waals surface area contributed by atoms with Crippen LogP contribution in [-0.2, 0) is 10.0 Å². The van der Waals surface area contributed by atoms with Gasteiger partial charge in [-0.25, -0.2) is 8.42 Å². The predicted molar refractivity (Wildman–Crippen MR) is 89.1 cm³/mol. The highest BCUT2D eigenvalue weighted by Gasteiger charge is 2.29. The van der Waals surface area contributed by atoms with E-state index in [1.54, 1.807) is 19.2 Å². The second-order valence-electron chi connectivity index (χ2n) is 5.75. The Morgan fingerprint density at radius 2 is 1.95 bits per heavy atom. The van der Waals surface area contributed by atoms with Gasteiger partial charge in [0.15, 0.2) is 0 Å². The van der Waals surface area contributed by atoms with Crippen LogP contribution in [0, 0.1) is 0 Å². The Morgan fingerprint density at radius 1 is 1.27 bits per heavy atom. The molecule has 0 atom stereocenters. The van der Waals surface area contributed by atoms with Crippen molar-refractivity contribution in [2.45, 2.75) is 56.4 Å². The van der Waals surface area contributed by atoms with Crippen LogP contribution >= 0.6 is 11.6 Å². The van der Waals surface area contributed by atoms with Crippen LogP contribution in [0.4, 0.5) is 0 Å². The molecular formula is C16H24ClNO3S. The van der Waals surface area contributed by atoms with E-state index in [0.29, 0.717) is 17.4 Å². The van der Waals surface area contributed by atoms with Crippen LogP contribution in [0.3, 0.4) is 0 Å². The first-order chi connectivity index (χ1) is 10.5. The number of hydrogen-bond acceptors (Lipinski definition) is 3. The summed E-state index contributed by atoms with van der Waals surface area (Å²) in [4.78, 5) is 0.246. The minimum absolute atomic E-state index is 0.0921. The van der Waals surface area contributed by atoms with Crippen molar-refractivity contribution >= 4 is 21.6 Å². The molecule has 2 rings (SSSR count). The molecular weight excluding hydrogens is 322 g/mol. The average molecular weight is 346 g/mol. The molecule has 0 unspecified atom stereocenters. The van der Waals surface area contributed by atoms with Crippen LogP contribution in [0.25, 0.3) is 0 Å². The van der Waals surface area contributed by atoms with Crippen molar-refractivity contribution in [1.29, 1.82) is 0 Å². The molecule has 124 valence electrons. The molecule has 0 aromatic heterocycles. The maximum absolute atomic E-state index is 12.8. The maximum atomic E-state index is 12.8. The normalized spacial score (nSPS) is 16.9. The lowest BCUT2D eigenvalue weighted by Gasteiger charge is -2.30. The molecule has 0 spiro atoms. The van der Waals surface area contributed by atoms with Gasteiger partial charge < -0.3 is 4.74 Å². The van der Waals surface area contributed by atoms with Crippen molar-refractivity contribution in [3.63, 3.8) is 0 Å². The van der Waals surface area contributed by atoms with Crippen molar-refractivity contribution < 1.29 is 13.2 Å². The van der Waals surface area contributed by atoms with Crippen molar-refractivity contribution in [2.24, 2.45) is 0 Å². The monoisotopic (exact) mass is 345 g/mol. The zero-order chi connectivity index (χ0) is 16.2. The number of rotatable bonds is 6. The molecule has 22 heavy (non-hydrogen) atoms. The van der Waals surface area contributed by atoms with Crippen molar-refractivity contribution in [3.05, 3.63) is 23.2 Å². The standard InChI is InChI=1S/C16H24ClNO3S/c1-3-11-21-16-12-14(9-10-15(16)17)22(19,20)18(2)13-7-5-4-6-8-13/h9-10,12-13H,3-8,11H2,1-2H3. The maximum Gasteiger partial charge on any atom is 0.243 e. The fraction of sp³-hybridized carbons (Fsp3) is 0.625. The van der Waals surface area contributed by atoms with E-state index in [2.05, 4.69) is 0 Å². The Balaban J connectivity index is 2.24. The van der Waals surface area contributed by atoms with Crippen molar-refractivity contribution in [2.75, 3.05) is 13.7 Å². The van der Waals surface area contributed by atoms with Crippen LogP contribution in [0.5, 0.6) is 5.75 Å². The van der Waals surface area contributed by atoms with Gasteiger partial charge in [0.05, 0.1) is 16.5 Å². The minimum atomic E-state index is -3.51. The van der Waals surface area contributed by atoms with Gasteiger partial charge in [0.2, 0.25) is 10.0 Å². The largest absolute Gasteiger partial charge is 0.492 e. The van der Waals surface area contributed by atoms with Gasteiger partial charge in [-0.05, 0) is 31.4 Å². The van der Waals surface area contributed by atoms with E-state index in [9.17, 15) is 8.42 Å². The summed E-state index contributed by atoms with van der Waals surface area (Å²) in [7, 11) is -1.84. The molecule has 0 amide bonds. The highest BCUT2D eigenvalue weighted by molar-refractivity contribution is 7.89. The number of benzene rings is 1. The van der Waals surface area contributed by atoms with E-state index in [0.717, 1.165) is 32.1 Å². The molecule has 1 aliphatic carbocycles. The SMILES string of the molecule is CCCOc1cc(S(=O)(=O)N(C)C2CCCCC2)ccc1Cl. The van der Waals surface area contributed by atoms with Gasteiger partial charge in [-0.1, -0.05) is 37.8 Å². The van der Waals surface area contributed by atoms with E-state index >= 15 is 0 Å². The summed E-state index contributed by atoms with van der Waals surface area (Å²) in [5, 5.41) is 0.438. The van der Waals surface area contributed by atoms with Crippen LogP contribution in [0.15, 0.2) is 23.1 Å². The smallest absolute Gasteiger partial charge is 0.243 e. The summed E-state index contributed by atoms with van der Waals surface area (Å²) in [6.45, 7) is 2.51. The van der Waals surface area contributed by atoms with Crippen LogP contribution < -0.4 is 4.74 Å². The van der Waals surface area contributed by atoms with Crippen molar-refractivity contribution in [3.8, 4) is 5.75 Å². The number of nitrogens with zero attached hydrogens (tertiary/aromatic N) is 1. The second kappa shape index (κ2) is 7.66. The van der Waals surface area contributed by atoms with E-state index < -0.39 is 10.0 Å². The first kappa shape index (κ1) is 17.6. The lowest BCUT2D eigenvalue weighted by atomic mass is 9.96. The zero-order valence-corrected chi connectivity index (χ0v) is 14.8. The Kier molecular flexibility index (Phi) is 6.12. The Hall–Kier alpha value is -0.780. The first-order valence-corrected chi connectivity index (χ1v) is 9.69. The van der Waals surface area contributed by atoms with Gasteiger partial charge in [0.25, 0.3) is 0 Å². The minimum Gasteiger partial charge on any atom is -0.492 e. The van der Waals surface area contributed by atoms with Gasteiger partial charge in [0, 0.05) is 19.2 Å². The van der Waals surface area contributed by atoms with Gasteiger partial charge in [-0.15, -0.1) is 0 Å². The third-order valence-electron chi connectivity index (χ3n) is 4.13. The fourth-order valence-electron chi connectivity index (χ4n) is 2.77. The first-order valence-electron chi connectivity index (χ1n) is 7.87. The molecule has 1 fully saturated rings. The van der Waals surface area contributed by atoms with Gasteiger partial charge >= 0.3 is 0 Å². The lowest BCUT2D eigenvalue weighted by molar-refractivity contribution is 0.285. The third kappa shape index (κ3) is 3.94. The molecule has 0 saturated heterocycles. The summed E-state index contributed by atoms with van der Waals surface area (Å²) in [5.74, 6) is 0.432. The third-order valence-corrected chi connectivity index (χ3v) is 6.35. The zero-order valence-electron chi connectivity index (χ0n) is 13.2. The topological polar surface area (TPSA) is 46.6 Å². The summed E-state index contributed by atoms with van der Waals surface area (Å²) < 4.78 is 32.6. The van der Waals surface area contributed by atoms with Crippen LogP contribution in [-0.4, -0.2) is 32.4 Å². The summed E-state index contributed by atoms with van der Waals surface area (Å²) >= 11 is 6.08. The number of halogens is 1. The molecule has 4 nitrogen and oxygen atoms in total. The summed E-state index contributed by atoms with van der Waals surface area (Å²) in [6, 6.07) is 4.77. The van der Waals surface area contributed by atoms with Crippen LogP contribution in [0.1, 0.15) is 45.4 Å². The fourth-order valence-corrected chi connectivity index (χ4v) is 4.38. The summed E-state index contributed by atoms with van der Waals surface area (Å²) in [6.07, 6.45) is 6.09. The molecule has 0 N–H and O–H groups in total. The number of sulfonamides is 1. The Morgan fingerprint density at radius 3 is 2.59 bits per heavy atom. The molecule has 0 aliphatic heterocycles. The molecule has 1 saturated carbocycles. The highest BCUT2D eigenvalue weighted by atomic mass is 35.5. The molecule has 6 heteroatoms. The summed E-state index contributed by atoms with van der Waals surface area (Å²) in [5.41, 5.74) is 0. The van der Waals surface area contributed by atoms with Crippen LogP contribution in [0.2, 0.25) is 5.02 Å². The van der Waals surface area contributed by atoms with E-state index in [1.165, 1.54) is 16.8 Å². The molecule has 1 aromatic rings. The lowest BCUT2D eigenvalue weighted by Crippen LogP contribution is -2.38. The van der Waals surface area contributed by atoms with E-state index in [1.807, 2.05) is 6.92 Å². The van der Waals surface area contributed by atoms with Crippen molar-refractivity contribution in [1.82, 2.24) is 4.31 Å². The predicted octanol–water partition coefficient (Wildman–Crippen LogP) is 4.08. The highest BCUT2D eigenvalue weighted by Crippen LogP contribution is 2.31. The Bertz CT molecular complexity index is 597. The number of hydrogen-bond donors (Lipinski definition) is 0. The molecule has 0 heterocycles. The molecule has 0 bridgehead atoms. The second-order valence-corrected chi connectivity index (χ2v) is 8.16. The van der Waals surface area contributed by atoms with Gasteiger partial charge in [-0.2, -0.15) is 4.31 Å².